The molecule has 4 heterocycles. The van der Waals surface area contributed by atoms with Gasteiger partial charge in [-0.3, -0.25) is 4.98 Å². The second-order valence-corrected chi connectivity index (χ2v) is 6.24. The van der Waals surface area contributed by atoms with E-state index in [1.54, 1.807) is 23.7 Å². The van der Waals surface area contributed by atoms with Crippen LogP contribution in [0.15, 0.2) is 18.5 Å². The Morgan fingerprint density at radius 1 is 1.24 bits per heavy atom. The molecule has 4 rings (SSSR count). The van der Waals surface area contributed by atoms with Gasteiger partial charge in [0.05, 0.1) is 12.2 Å². The molecule has 6 nitrogen and oxygen atoms in total. The number of thiazole rings is 1. The zero-order valence-electron chi connectivity index (χ0n) is 11.6. The number of hydrogen-bond donors (Lipinski definition) is 1. The molecule has 7 heteroatoms. The third-order valence-corrected chi connectivity index (χ3v) is 4.58. The first-order chi connectivity index (χ1) is 10.2. The third kappa shape index (κ3) is 2.09. The van der Waals surface area contributed by atoms with Gasteiger partial charge in [0.2, 0.25) is 0 Å². The van der Waals surface area contributed by atoms with Gasteiger partial charge in [-0.2, -0.15) is 0 Å². The minimum absolute atomic E-state index is 0.649. The summed E-state index contributed by atoms with van der Waals surface area (Å²) in [4.78, 5) is 21.2. The first-order valence-electron chi connectivity index (χ1n) is 6.78. The summed E-state index contributed by atoms with van der Waals surface area (Å²) < 4.78 is 0. The van der Waals surface area contributed by atoms with E-state index in [2.05, 4.69) is 31.8 Å². The molecule has 0 bridgehead atoms. The number of fused-ring (bicyclic) bond motifs is 2. The molecule has 0 radical (unpaired) electrons. The maximum atomic E-state index is 5.80. The van der Waals surface area contributed by atoms with E-state index < -0.39 is 0 Å². The Morgan fingerprint density at radius 3 is 3.00 bits per heavy atom. The Bertz CT molecular complexity index is 827. The molecule has 0 fully saturated rings. The first-order valence-corrected chi connectivity index (χ1v) is 7.60. The normalized spacial score (nSPS) is 14.4. The molecule has 2 N–H and O–H groups in total. The van der Waals surface area contributed by atoms with Gasteiger partial charge in [-0.1, -0.05) is 0 Å². The summed E-state index contributed by atoms with van der Waals surface area (Å²) in [5.41, 5.74) is 9.57. The van der Waals surface area contributed by atoms with Crippen LogP contribution in [0, 0.1) is 6.92 Å². The Morgan fingerprint density at radius 2 is 2.10 bits per heavy atom. The number of anilines is 2. The van der Waals surface area contributed by atoms with E-state index in [0.29, 0.717) is 10.8 Å². The standard InChI is InChI=1S/C14H14N6S/c1-8-6-10-12(17-4-3-16-10)19-13(8)20-5-2-9-11(7-20)21-14(15)18-9/h3-4,6H,2,5,7H2,1H3,(H2,15,18). The number of pyridine rings is 1. The Kier molecular flexibility index (Phi) is 2.75. The third-order valence-electron chi connectivity index (χ3n) is 3.67. The fourth-order valence-electron chi connectivity index (χ4n) is 2.70. The lowest BCUT2D eigenvalue weighted by atomic mass is 10.1. The largest absolute Gasteiger partial charge is 0.375 e. The van der Waals surface area contributed by atoms with Gasteiger partial charge in [0.1, 0.15) is 11.3 Å². The van der Waals surface area contributed by atoms with Gasteiger partial charge in [-0.15, -0.1) is 11.3 Å². The van der Waals surface area contributed by atoms with E-state index in [9.17, 15) is 0 Å². The number of rotatable bonds is 1. The molecule has 1 aliphatic heterocycles. The van der Waals surface area contributed by atoms with Gasteiger partial charge in [0.15, 0.2) is 10.8 Å². The minimum Gasteiger partial charge on any atom is -0.375 e. The van der Waals surface area contributed by atoms with Crippen LogP contribution in [0.25, 0.3) is 11.2 Å². The van der Waals surface area contributed by atoms with Crippen molar-refractivity contribution >= 4 is 33.5 Å². The van der Waals surface area contributed by atoms with Crippen molar-refractivity contribution in [2.24, 2.45) is 0 Å². The predicted molar refractivity (Wildman–Crippen MR) is 83.4 cm³/mol. The van der Waals surface area contributed by atoms with E-state index in [-0.39, 0.29) is 0 Å². The van der Waals surface area contributed by atoms with E-state index in [4.69, 9.17) is 5.73 Å². The second kappa shape index (κ2) is 4.63. The highest BCUT2D eigenvalue weighted by atomic mass is 32.1. The summed E-state index contributed by atoms with van der Waals surface area (Å²) in [6, 6.07) is 2.04. The number of aromatic nitrogens is 4. The lowest BCUT2D eigenvalue weighted by molar-refractivity contribution is 0.718. The van der Waals surface area contributed by atoms with Crippen LogP contribution in [0.1, 0.15) is 16.1 Å². The Hall–Kier alpha value is -2.28. The molecule has 0 unspecified atom stereocenters. The zero-order chi connectivity index (χ0) is 14.4. The second-order valence-electron chi connectivity index (χ2n) is 5.12. The number of nitrogen functional groups attached to an aromatic ring is 1. The molecule has 0 aromatic carbocycles. The van der Waals surface area contributed by atoms with Crippen molar-refractivity contribution in [1.82, 2.24) is 19.9 Å². The molecule has 0 spiro atoms. The summed E-state index contributed by atoms with van der Waals surface area (Å²) >= 11 is 1.57. The molecule has 0 saturated carbocycles. The smallest absolute Gasteiger partial charge is 0.180 e. The fraction of sp³-hybridized carbons (Fsp3) is 0.286. The van der Waals surface area contributed by atoms with Gasteiger partial charge < -0.3 is 10.6 Å². The number of aryl methyl sites for hydroxylation is 1. The lowest BCUT2D eigenvalue weighted by Gasteiger charge is -2.28. The van der Waals surface area contributed by atoms with Crippen LogP contribution < -0.4 is 10.6 Å². The SMILES string of the molecule is Cc1cc2nccnc2nc1N1CCc2nc(N)sc2C1. The summed E-state index contributed by atoms with van der Waals surface area (Å²) in [5, 5.41) is 0.649. The van der Waals surface area contributed by atoms with Crippen molar-refractivity contribution in [2.75, 3.05) is 17.2 Å². The maximum absolute atomic E-state index is 5.80. The van der Waals surface area contributed by atoms with Gasteiger partial charge in [-0.05, 0) is 18.6 Å². The van der Waals surface area contributed by atoms with E-state index in [0.717, 1.165) is 42.1 Å². The predicted octanol–water partition coefficient (Wildman–Crippen LogP) is 1.93. The summed E-state index contributed by atoms with van der Waals surface area (Å²) in [6.07, 6.45) is 4.27. The molecule has 0 atom stereocenters. The van der Waals surface area contributed by atoms with E-state index in [1.807, 2.05) is 6.07 Å². The molecule has 3 aromatic heterocycles. The topological polar surface area (TPSA) is 80.8 Å². The summed E-state index contributed by atoms with van der Waals surface area (Å²) in [5.74, 6) is 0.973. The summed E-state index contributed by atoms with van der Waals surface area (Å²) in [7, 11) is 0. The van der Waals surface area contributed by atoms with Gasteiger partial charge in [0, 0.05) is 30.2 Å². The van der Waals surface area contributed by atoms with Gasteiger partial charge in [-0.25, -0.2) is 15.0 Å². The Labute approximate surface area is 125 Å². The minimum atomic E-state index is 0.649. The number of nitrogens with zero attached hydrogens (tertiary/aromatic N) is 5. The molecular weight excluding hydrogens is 284 g/mol. The van der Waals surface area contributed by atoms with Crippen molar-refractivity contribution in [3.05, 3.63) is 34.6 Å². The van der Waals surface area contributed by atoms with Crippen LogP contribution in [0.5, 0.6) is 0 Å². The van der Waals surface area contributed by atoms with Crippen LogP contribution in [0.4, 0.5) is 10.9 Å². The fourth-order valence-corrected chi connectivity index (χ4v) is 3.60. The van der Waals surface area contributed by atoms with Gasteiger partial charge in [0.25, 0.3) is 0 Å². The molecular formula is C14H14N6S. The van der Waals surface area contributed by atoms with Crippen molar-refractivity contribution in [3.8, 4) is 0 Å². The molecule has 3 aromatic rings. The van der Waals surface area contributed by atoms with Crippen LogP contribution in [0.3, 0.4) is 0 Å². The number of hydrogen-bond acceptors (Lipinski definition) is 7. The van der Waals surface area contributed by atoms with Gasteiger partial charge >= 0.3 is 0 Å². The average molecular weight is 298 g/mol. The van der Waals surface area contributed by atoms with Crippen LogP contribution in [-0.2, 0) is 13.0 Å². The number of nitrogens with two attached hydrogens (primary N) is 1. The highest BCUT2D eigenvalue weighted by Gasteiger charge is 2.22. The van der Waals surface area contributed by atoms with Crippen LogP contribution in [0.2, 0.25) is 0 Å². The van der Waals surface area contributed by atoms with E-state index >= 15 is 0 Å². The van der Waals surface area contributed by atoms with Crippen LogP contribution >= 0.6 is 11.3 Å². The quantitative estimate of drug-likeness (QED) is 0.739. The Balaban J connectivity index is 1.75. The molecule has 106 valence electrons. The first kappa shape index (κ1) is 12.5. The van der Waals surface area contributed by atoms with Crippen molar-refractivity contribution in [3.63, 3.8) is 0 Å². The molecule has 0 saturated heterocycles. The van der Waals surface area contributed by atoms with E-state index in [1.165, 1.54) is 4.88 Å². The average Bonchev–Trinajstić information content (AvgIpc) is 2.85. The maximum Gasteiger partial charge on any atom is 0.180 e. The monoisotopic (exact) mass is 298 g/mol. The van der Waals surface area contributed by atoms with Crippen molar-refractivity contribution < 1.29 is 0 Å². The highest BCUT2D eigenvalue weighted by molar-refractivity contribution is 7.15. The zero-order valence-corrected chi connectivity index (χ0v) is 12.4. The van der Waals surface area contributed by atoms with Crippen LogP contribution in [-0.4, -0.2) is 26.5 Å². The molecule has 21 heavy (non-hydrogen) atoms. The molecule has 0 amide bonds. The highest BCUT2D eigenvalue weighted by Crippen LogP contribution is 2.30. The van der Waals surface area contributed by atoms with Crippen molar-refractivity contribution in [1.29, 1.82) is 0 Å². The summed E-state index contributed by atoms with van der Waals surface area (Å²) in [6.45, 7) is 3.77. The van der Waals surface area contributed by atoms with Crippen molar-refractivity contribution in [2.45, 2.75) is 19.9 Å². The molecule has 1 aliphatic rings. The lowest BCUT2D eigenvalue weighted by Crippen LogP contribution is -2.31. The molecule has 0 aliphatic carbocycles.